The maximum absolute atomic E-state index is 4.47. The van der Waals surface area contributed by atoms with E-state index in [4.69, 9.17) is 0 Å². The number of anilines is 2. The van der Waals surface area contributed by atoms with E-state index >= 15 is 0 Å². The van der Waals surface area contributed by atoms with Gasteiger partial charge in [-0.3, -0.25) is 0 Å². The molecule has 0 atom stereocenters. The molecule has 1 aliphatic carbocycles. The zero-order chi connectivity index (χ0) is 14.0. The lowest BCUT2D eigenvalue weighted by atomic mass is 9.97. The van der Waals surface area contributed by atoms with Crippen LogP contribution in [0.4, 0.5) is 11.8 Å². The Hall–Kier alpha value is -1.58. The Balaban J connectivity index is 1.74. The topological polar surface area (TPSA) is 49.8 Å². The highest BCUT2D eigenvalue weighted by atomic mass is 15.1. The van der Waals surface area contributed by atoms with Crippen molar-refractivity contribution in [2.75, 3.05) is 23.7 Å². The molecule has 20 heavy (non-hydrogen) atoms. The molecule has 0 amide bonds. The smallest absolute Gasteiger partial charge is 0.224 e. The summed E-state index contributed by atoms with van der Waals surface area (Å²) in [5.74, 6) is 1.63. The standard InChI is InChI=1S/C16H26N4/c1-2-3-11-18-16-19-13-10-15(20-16)17-12-9-14-7-5-4-6-8-14/h7,10,13H,2-6,8-9,11-12H2,1H3,(H2,17,18,19,20). The molecule has 2 N–H and O–H groups in total. The van der Waals surface area contributed by atoms with E-state index in [2.05, 4.69) is 33.6 Å². The summed E-state index contributed by atoms with van der Waals surface area (Å²) in [5.41, 5.74) is 1.60. The molecule has 1 aromatic rings. The normalized spacial score (nSPS) is 14.8. The van der Waals surface area contributed by atoms with E-state index in [0.29, 0.717) is 0 Å². The lowest BCUT2D eigenvalue weighted by Crippen LogP contribution is -2.09. The zero-order valence-electron chi connectivity index (χ0n) is 12.5. The van der Waals surface area contributed by atoms with Crippen LogP contribution in [0.1, 0.15) is 51.9 Å². The number of hydrogen-bond acceptors (Lipinski definition) is 4. The van der Waals surface area contributed by atoms with E-state index in [1.165, 1.54) is 32.1 Å². The van der Waals surface area contributed by atoms with Crippen molar-refractivity contribution in [3.8, 4) is 0 Å². The summed E-state index contributed by atoms with van der Waals surface area (Å²) >= 11 is 0. The van der Waals surface area contributed by atoms with Crippen molar-refractivity contribution < 1.29 is 0 Å². The van der Waals surface area contributed by atoms with E-state index < -0.39 is 0 Å². The van der Waals surface area contributed by atoms with Gasteiger partial charge in [0.25, 0.3) is 0 Å². The Morgan fingerprint density at radius 1 is 1.20 bits per heavy atom. The van der Waals surface area contributed by atoms with Gasteiger partial charge in [0.15, 0.2) is 0 Å². The fraction of sp³-hybridized carbons (Fsp3) is 0.625. The SMILES string of the molecule is CCCCNc1nccc(NCCC2=CCCCC2)n1. The molecule has 0 radical (unpaired) electrons. The van der Waals surface area contributed by atoms with Crippen molar-refractivity contribution in [3.63, 3.8) is 0 Å². The van der Waals surface area contributed by atoms with Gasteiger partial charge in [-0.2, -0.15) is 4.98 Å². The summed E-state index contributed by atoms with van der Waals surface area (Å²) < 4.78 is 0. The van der Waals surface area contributed by atoms with Crippen LogP contribution in [0.2, 0.25) is 0 Å². The Morgan fingerprint density at radius 3 is 2.95 bits per heavy atom. The molecular formula is C16H26N4. The van der Waals surface area contributed by atoms with Crippen LogP contribution in [0.25, 0.3) is 0 Å². The van der Waals surface area contributed by atoms with Crippen molar-refractivity contribution >= 4 is 11.8 Å². The minimum Gasteiger partial charge on any atom is -0.370 e. The van der Waals surface area contributed by atoms with Crippen molar-refractivity contribution in [1.29, 1.82) is 0 Å². The van der Waals surface area contributed by atoms with Crippen molar-refractivity contribution in [2.24, 2.45) is 0 Å². The molecule has 0 aliphatic heterocycles. The third-order valence-electron chi connectivity index (χ3n) is 3.61. The number of hydrogen-bond donors (Lipinski definition) is 2. The largest absolute Gasteiger partial charge is 0.370 e. The quantitative estimate of drug-likeness (QED) is 0.556. The van der Waals surface area contributed by atoms with Crippen molar-refractivity contribution in [2.45, 2.75) is 51.9 Å². The molecule has 0 bridgehead atoms. The predicted molar refractivity (Wildman–Crippen MR) is 85.1 cm³/mol. The monoisotopic (exact) mass is 274 g/mol. The maximum Gasteiger partial charge on any atom is 0.224 e. The van der Waals surface area contributed by atoms with E-state index in [0.717, 1.165) is 37.7 Å². The average molecular weight is 274 g/mol. The first-order chi connectivity index (χ1) is 9.88. The van der Waals surface area contributed by atoms with Gasteiger partial charge in [0.05, 0.1) is 0 Å². The minimum atomic E-state index is 0.723. The van der Waals surface area contributed by atoms with Gasteiger partial charge in [0, 0.05) is 19.3 Å². The average Bonchev–Trinajstić information content (AvgIpc) is 2.49. The van der Waals surface area contributed by atoms with Crippen molar-refractivity contribution in [1.82, 2.24) is 9.97 Å². The molecule has 0 saturated carbocycles. The number of aromatic nitrogens is 2. The summed E-state index contributed by atoms with van der Waals surface area (Å²) in [7, 11) is 0. The van der Waals surface area contributed by atoms with Crippen LogP contribution < -0.4 is 10.6 Å². The fourth-order valence-electron chi connectivity index (χ4n) is 2.40. The van der Waals surface area contributed by atoms with Gasteiger partial charge in [0.1, 0.15) is 5.82 Å². The molecule has 2 rings (SSSR count). The first-order valence-electron chi connectivity index (χ1n) is 7.87. The predicted octanol–water partition coefficient (Wildman–Crippen LogP) is 3.99. The highest BCUT2D eigenvalue weighted by molar-refractivity contribution is 5.39. The van der Waals surface area contributed by atoms with Gasteiger partial charge >= 0.3 is 0 Å². The molecular weight excluding hydrogens is 248 g/mol. The van der Waals surface area contributed by atoms with Crippen LogP contribution in [-0.4, -0.2) is 23.1 Å². The highest BCUT2D eigenvalue weighted by Crippen LogP contribution is 2.19. The number of nitrogens with zero attached hydrogens (tertiary/aromatic N) is 2. The van der Waals surface area contributed by atoms with E-state index in [9.17, 15) is 0 Å². The van der Waals surface area contributed by atoms with Gasteiger partial charge in [0.2, 0.25) is 5.95 Å². The first-order valence-corrected chi connectivity index (χ1v) is 7.87. The molecule has 1 aromatic heterocycles. The number of allylic oxidation sites excluding steroid dienone is 1. The van der Waals surface area contributed by atoms with Gasteiger partial charge in [-0.15, -0.1) is 0 Å². The van der Waals surface area contributed by atoms with Gasteiger partial charge in [-0.1, -0.05) is 25.0 Å². The molecule has 0 aromatic carbocycles. The molecule has 1 heterocycles. The second-order valence-corrected chi connectivity index (χ2v) is 5.33. The molecule has 1 aliphatic rings. The zero-order valence-corrected chi connectivity index (χ0v) is 12.5. The molecule has 4 nitrogen and oxygen atoms in total. The van der Waals surface area contributed by atoms with Crippen LogP contribution in [0, 0.1) is 0 Å². The molecule has 110 valence electrons. The second kappa shape index (κ2) is 8.56. The highest BCUT2D eigenvalue weighted by Gasteiger charge is 2.03. The minimum absolute atomic E-state index is 0.723. The fourth-order valence-corrected chi connectivity index (χ4v) is 2.40. The van der Waals surface area contributed by atoms with E-state index in [1.54, 1.807) is 5.57 Å². The van der Waals surface area contributed by atoms with Crippen LogP contribution in [-0.2, 0) is 0 Å². The summed E-state index contributed by atoms with van der Waals surface area (Å²) in [5, 5.41) is 6.64. The van der Waals surface area contributed by atoms with Crippen molar-refractivity contribution in [3.05, 3.63) is 23.9 Å². The number of nitrogens with one attached hydrogen (secondary N) is 2. The lowest BCUT2D eigenvalue weighted by molar-refractivity contribution is 0.679. The van der Waals surface area contributed by atoms with Gasteiger partial charge in [-0.25, -0.2) is 4.98 Å². The Labute approximate surface area is 122 Å². The Kier molecular flexibility index (Phi) is 6.35. The first kappa shape index (κ1) is 14.8. The number of unbranched alkanes of at least 4 members (excludes halogenated alkanes) is 1. The molecule has 4 heteroatoms. The Bertz CT molecular complexity index is 428. The summed E-state index contributed by atoms with van der Waals surface area (Å²) in [6.07, 6.45) is 12.9. The summed E-state index contributed by atoms with van der Waals surface area (Å²) in [6, 6.07) is 1.93. The summed E-state index contributed by atoms with van der Waals surface area (Å²) in [4.78, 5) is 8.71. The number of rotatable bonds is 8. The molecule has 0 unspecified atom stereocenters. The van der Waals surface area contributed by atoms with Gasteiger partial charge < -0.3 is 10.6 Å². The van der Waals surface area contributed by atoms with Gasteiger partial charge in [-0.05, 0) is 44.6 Å². The van der Waals surface area contributed by atoms with Crippen LogP contribution in [0.3, 0.4) is 0 Å². The van der Waals surface area contributed by atoms with Crippen LogP contribution in [0.15, 0.2) is 23.9 Å². The van der Waals surface area contributed by atoms with E-state index in [-0.39, 0.29) is 0 Å². The Morgan fingerprint density at radius 2 is 2.15 bits per heavy atom. The van der Waals surface area contributed by atoms with Crippen LogP contribution >= 0.6 is 0 Å². The van der Waals surface area contributed by atoms with E-state index in [1.807, 2.05) is 12.3 Å². The van der Waals surface area contributed by atoms with Crippen LogP contribution in [0.5, 0.6) is 0 Å². The molecule has 0 fully saturated rings. The second-order valence-electron chi connectivity index (χ2n) is 5.33. The third-order valence-corrected chi connectivity index (χ3v) is 3.61. The summed E-state index contributed by atoms with van der Waals surface area (Å²) in [6.45, 7) is 4.07. The third kappa shape index (κ3) is 5.19. The molecule has 0 saturated heterocycles. The molecule has 0 spiro atoms. The maximum atomic E-state index is 4.47. The lowest BCUT2D eigenvalue weighted by Gasteiger charge is -2.13.